The number of carbonyl (C=O) groups excluding carboxylic acids is 2. The summed E-state index contributed by atoms with van der Waals surface area (Å²) in [4.78, 5) is 21.2. The Labute approximate surface area is 125 Å². The first-order valence-electron chi connectivity index (χ1n) is 3.54. The first-order valence-corrected chi connectivity index (χ1v) is 4.94. The van der Waals surface area contributed by atoms with Crippen LogP contribution in [0.15, 0.2) is 0 Å². The molecule has 0 aliphatic heterocycles. The van der Waals surface area contributed by atoms with Crippen LogP contribution in [0.2, 0.25) is 0 Å². The summed E-state index contributed by atoms with van der Waals surface area (Å²) >= 11 is 1.59. The minimum absolute atomic E-state index is 0. The molecule has 6 heteroatoms. The second-order valence-electron chi connectivity index (χ2n) is 2.30. The quantitative estimate of drug-likeness (QED) is 0.401. The van der Waals surface area contributed by atoms with Gasteiger partial charge in [0.1, 0.15) is 6.04 Å². The zero-order chi connectivity index (χ0) is 9.56. The normalized spacial score (nSPS) is 11.3. The molecule has 0 amide bonds. The summed E-state index contributed by atoms with van der Waals surface area (Å²) in [6.07, 6.45) is 2.45. The third-order valence-electron chi connectivity index (χ3n) is 1.18. The Bertz CT molecular complexity index is 177. The van der Waals surface area contributed by atoms with Crippen LogP contribution in [0.1, 0.15) is 13.3 Å². The van der Waals surface area contributed by atoms with Crippen LogP contribution in [0, 0.1) is 0 Å². The molecule has 0 saturated carbocycles. The van der Waals surface area contributed by atoms with Gasteiger partial charge in [0.05, 0.1) is 0 Å². The van der Waals surface area contributed by atoms with Crippen LogP contribution in [-0.4, -0.2) is 81.4 Å². The van der Waals surface area contributed by atoms with Crippen molar-refractivity contribution in [1.82, 2.24) is 0 Å². The summed E-state index contributed by atoms with van der Waals surface area (Å²) in [6.45, 7) is 1.18. The van der Waals surface area contributed by atoms with Crippen molar-refractivity contribution in [3.8, 4) is 0 Å². The Morgan fingerprint density at radius 3 is 2.46 bits per heavy atom. The molecule has 0 aromatic heterocycles. The van der Waals surface area contributed by atoms with Crippen LogP contribution in [0.3, 0.4) is 0 Å². The summed E-state index contributed by atoms with van der Waals surface area (Å²) in [6, 6.07) is -0.679. The molecule has 2 N–H and O–H groups in total. The van der Waals surface area contributed by atoms with Crippen LogP contribution >= 0.6 is 11.8 Å². The van der Waals surface area contributed by atoms with Crippen molar-refractivity contribution in [1.29, 1.82) is 0 Å². The first-order chi connectivity index (χ1) is 5.57. The Morgan fingerprint density at radius 1 is 1.54 bits per heavy atom. The fourth-order valence-electron chi connectivity index (χ4n) is 0.580. The average Bonchev–Trinajstić information content (AvgIpc) is 1.98. The standard InChI is InChI=1S/C7H13NO3S.K.H/c1-5(9)11-7(10)6(8)3-4-12-2;;/h6H,3-4,8H2,1-2H3;;/t6-;;/m0../s1. The molecule has 0 aliphatic carbocycles. The van der Waals surface area contributed by atoms with E-state index in [4.69, 9.17) is 5.73 Å². The maximum absolute atomic E-state index is 10.9. The Hall–Kier alpha value is 1.09. The molecule has 1 atom stereocenters. The summed E-state index contributed by atoms with van der Waals surface area (Å²) in [5.74, 6) is -0.468. The van der Waals surface area contributed by atoms with Crippen LogP contribution in [0.25, 0.3) is 0 Å². The van der Waals surface area contributed by atoms with E-state index in [1.54, 1.807) is 11.8 Å². The number of esters is 2. The summed E-state index contributed by atoms with van der Waals surface area (Å²) in [7, 11) is 0. The number of nitrogens with two attached hydrogens (primary N) is 1. The number of ether oxygens (including phenoxy) is 1. The van der Waals surface area contributed by atoms with Gasteiger partial charge in [-0.1, -0.05) is 0 Å². The van der Waals surface area contributed by atoms with Crippen molar-refractivity contribution in [3.63, 3.8) is 0 Å². The number of hydrogen-bond donors (Lipinski definition) is 1. The van der Waals surface area contributed by atoms with E-state index in [1.807, 2.05) is 6.26 Å². The van der Waals surface area contributed by atoms with Gasteiger partial charge in [0, 0.05) is 6.92 Å². The monoisotopic (exact) mass is 231 g/mol. The zero-order valence-corrected chi connectivity index (χ0v) is 8.02. The first kappa shape index (κ1) is 16.5. The molecule has 0 radical (unpaired) electrons. The molecule has 0 bridgehead atoms. The topological polar surface area (TPSA) is 69.4 Å². The van der Waals surface area contributed by atoms with Gasteiger partial charge in [-0.25, -0.2) is 4.79 Å². The van der Waals surface area contributed by atoms with Gasteiger partial charge in [0.15, 0.2) is 0 Å². The second kappa shape index (κ2) is 9.63. The van der Waals surface area contributed by atoms with E-state index in [-0.39, 0.29) is 51.4 Å². The molecule has 0 aliphatic rings. The molecule has 72 valence electrons. The molecule has 0 unspecified atom stereocenters. The second-order valence-corrected chi connectivity index (χ2v) is 3.29. The van der Waals surface area contributed by atoms with Crippen molar-refractivity contribution in [2.75, 3.05) is 12.0 Å². The van der Waals surface area contributed by atoms with Gasteiger partial charge in [-0.3, -0.25) is 4.79 Å². The van der Waals surface area contributed by atoms with Crippen molar-refractivity contribution in [2.24, 2.45) is 5.73 Å². The molecule has 4 nitrogen and oxygen atoms in total. The molecule has 0 saturated heterocycles. The Balaban J connectivity index is 0. The number of carbonyl (C=O) groups is 2. The fraction of sp³-hybridized carbons (Fsp3) is 0.714. The van der Waals surface area contributed by atoms with Crippen molar-refractivity contribution >= 4 is 75.1 Å². The van der Waals surface area contributed by atoms with Crippen LogP contribution in [0.5, 0.6) is 0 Å². The molecule has 13 heavy (non-hydrogen) atoms. The predicted octanol–water partition coefficient (Wildman–Crippen LogP) is -0.492. The molecule has 0 aromatic rings. The Kier molecular flexibility index (Phi) is 12.2. The molecule has 0 aromatic carbocycles. The van der Waals surface area contributed by atoms with E-state index in [1.165, 1.54) is 6.92 Å². The van der Waals surface area contributed by atoms with Gasteiger partial charge >= 0.3 is 63.3 Å². The van der Waals surface area contributed by atoms with Crippen LogP contribution in [0.4, 0.5) is 0 Å². The maximum atomic E-state index is 10.9. The van der Waals surface area contributed by atoms with Gasteiger partial charge in [-0.2, -0.15) is 11.8 Å². The number of thioether (sulfide) groups is 1. The van der Waals surface area contributed by atoms with Crippen molar-refractivity contribution in [3.05, 3.63) is 0 Å². The van der Waals surface area contributed by atoms with Gasteiger partial charge in [0.25, 0.3) is 0 Å². The zero-order valence-electron chi connectivity index (χ0n) is 7.20. The summed E-state index contributed by atoms with van der Waals surface area (Å²) in [5, 5.41) is 0. The van der Waals surface area contributed by atoms with Gasteiger partial charge < -0.3 is 10.5 Å². The van der Waals surface area contributed by atoms with E-state index in [2.05, 4.69) is 4.74 Å². The SMILES string of the molecule is CSCC[C@H](N)C(=O)OC(C)=O.[KH]. The van der Waals surface area contributed by atoms with Crippen LogP contribution in [-0.2, 0) is 14.3 Å². The minimum atomic E-state index is -0.679. The molecule has 0 heterocycles. The summed E-state index contributed by atoms with van der Waals surface area (Å²) in [5.41, 5.74) is 5.41. The number of hydrogen-bond acceptors (Lipinski definition) is 5. The molecular formula is C7H14KNO3S. The Morgan fingerprint density at radius 2 is 2.08 bits per heavy atom. The van der Waals surface area contributed by atoms with Gasteiger partial charge in [0.2, 0.25) is 0 Å². The van der Waals surface area contributed by atoms with E-state index >= 15 is 0 Å². The molecule has 0 spiro atoms. The average molecular weight is 231 g/mol. The fourth-order valence-corrected chi connectivity index (χ4v) is 1.07. The molecule has 0 rings (SSSR count). The summed E-state index contributed by atoms with van der Waals surface area (Å²) < 4.78 is 4.30. The van der Waals surface area contributed by atoms with E-state index in [0.29, 0.717) is 6.42 Å². The van der Waals surface area contributed by atoms with E-state index < -0.39 is 18.0 Å². The van der Waals surface area contributed by atoms with Gasteiger partial charge in [-0.15, -0.1) is 0 Å². The van der Waals surface area contributed by atoms with Crippen LogP contribution < -0.4 is 5.73 Å². The predicted molar refractivity (Wildman–Crippen MR) is 54.9 cm³/mol. The van der Waals surface area contributed by atoms with Crippen molar-refractivity contribution < 1.29 is 14.3 Å². The van der Waals surface area contributed by atoms with E-state index in [9.17, 15) is 9.59 Å². The third-order valence-corrected chi connectivity index (χ3v) is 1.82. The molecule has 0 fully saturated rings. The third kappa shape index (κ3) is 9.39. The molecular weight excluding hydrogens is 217 g/mol. The van der Waals surface area contributed by atoms with E-state index in [0.717, 1.165) is 5.75 Å². The van der Waals surface area contributed by atoms with Gasteiger partial charge in [-0.05, 0) is 18.4 Å². The number of rotatable bonds is 4. The van der Waals surface area contributed by atoms with Crippen molar-refractivity contribution in [2.45, 2.75) is 19.4 Å².